The smallest absolute Gasteiger partial charge is 0.303 e. The van der Waals surface area contributed by atoms with E-state index in [0.717, 1.165) is 31.0 Å². The number of anilines is 1. The van der Waals surface area contributed by atoms with Gasteiger partial charge in [0.1, 0.15) is 18.1 Å². The molecule has 0 bridgehead atoms. The topological polar surface area (TPSA) is 156 Å². The molecule has 44 heavy (non-hydrogen) atoms. The van der Waals surface area contributed by atoms with Crippen molar-refractivity contribution in [3.8, 4) is 0 Å². The number of aryl methyl sites for hydroxylation is 1. The number of carbonyl (C=O) groups is 5. The van der Waals surface area contributed by atoms with Gasteiger partial charge in [0.05, 0.1) is 16.8 Å². The third-order valence-corrected chi connectivity index (χ3v) is 7.74. The Hall–Kier alpha value is -4.49. The summed E-state index contributed by atoms with van der Waals surface area (Å²) in [5.41, 5.74) is 0.998. The third-order valence-electron chi connectivity index (χ3n) is 6.53. The highest BCUT2D eigenvalue weighted by Crippen LogP contribution is 2.39. The van der Waals surface area contributed by atoms with Crippen LogP contribution in [0.15, 0.2) is 59.6 Å². The Labute approximate surface area is 257 Å². The lowest BCUT2D eigenvalue weighted by Gasteiger charge is -2.44. The van der Waals surface area contributed by atoms with Crippen molar-refractivity contribution in [2.75, 3.05) is 11.9 Å². The summed E-state index contributed by atoms with van der Waals surface area (Å²) >= 11 is 1.04. The van der Waals surface area contributed by atoms with E-state index < -0.39 is 59.6 Å². The molecule has 0 saturated carbocycles. The van der Waals surface area contributed by atoms with Gasteiger partial charge in [0.2, 0.25) is 0 Å². The van der Waals surface area contributed by atoms with Crippen molar-refractivity contribution in [2.45, 2.75) is 69.4 Å². The standard InChI is InChI=1S/C31H32N2O10S/c1-16-9-6-13-24(25(16)30(38)33-22-12-7-10-21-11-8-14-32-26(21)22)44-31-29(42-20(5)37)28(41-19(4)36)27(40-18(3)35)23(43-31)15-39-17(2)34/h6-14,23,27-29,31H,15H2,1-5H3,(H,33,38)/t23-,27-,28+,29-,31+/m1/s1. The first-order valence-corrected chi connectivity index (χ1v) is 14.5. The largest absolute Gasteiger partial charge is 0.463 e. The Morgan fingerprint density at radius 3 is 2.14 bits per heavy atom. The maximum absolute atomic E-state index is 13.8. The lowest BCUT2D eigenvalue weighted by atomic mass is 9.99. The number of fused-ring (bicyclic) bond motifs is 1. The fourth-order valence-electron chi connectivity index (χ4n) is 4.83. The Balaban J connectivity index is 1.73. The van der Waals surface area contributed by atoms with Crippen molar-refractivity contribution in [3.05, 3.63) is 65.9 Å². The highest BCUT2D eigenvalue weighted by Gasteiger charge is 2.52. The third kappa shape index (κ3) is 7.91. The number of nitrogens with one attached hydrogen (secondary N) is 1. The lowest BCUT2D eigenvalue weighted by molar-refractivity contribution is -0.237. The molecule has 1 aliphatic rings. The number of thioether (sulfide) groups is 1. The van der Waals surface area contributed by atoms with Crippen LogP contribution in [-0.4, -0.2) is 71.2 Å². The molecule has 1 fully saturated rings. The van der Waals surface area contributed by atoms with Crippen LogP contribution >= 0.6 is 11.8 Å². The zero-order valence-corrected chi connectivity index (χ0v) is 25.5. The maximum atomic E-state index is 13.8. The van der Waals surface area contributed by atoms with Crippen LogP contribution in [0.4, 0.5) is 5.69 Å². The maximum Gasteiger partial charge on any atom is 0.303 e. The monoisotopic (exact) mass is 624 g/mol. The molecular weight excluding hydrogens is 592 g/mol. The summed E-state index contributed by atoms with van der Waals surface area (Å²) in [7, 11) is 0. The molecule has 4 rings (SSSR count). The van der Waals surface area contributed by atoms with Crippen LogP contribution in [0.5, 0.6) is 0 Å². The molecule has 232 valence electrons. The van der Waals surface area contributed by atoms with Crippen LogP contribution in [0.3, 0.4) is 0 Å². The molecule has 0 aliphatic carbocycles. The van der Waals surface area contributed by atoms with Crippen molar-refractivity contribution in [3.63, 3.8) is 0 Å². The number of esters is 4. The highest BCUT2D eigenvalue weighted by molar-refractivity contribution is 8.00. The van der Waals surface area contributed by atoms with Gasteiger partial charge in [0, 0.05) is 44.2 Å². The minimum Gasteiger partial charge on any atom is -0.463 e. The van der Waals surface area contributed by atoms with E-state index in [0.29, 0.717) is 27.2 Å². The summed E-state index contributed by atoms with van der Waals surface area (Å²) in [6.07, 6.45) is -3.36. The molecule has 5 atom stereocenters. The molecule has 13 heteroatoms. The van der Waals surface area contributed by atoms with Crippen LogP contribution in [0.1, 0.15) is 43.6 Å². The molecule has 12 nitrogen and oxygen atoms in total. The van der Waals surface area contributed by atoms with Gasteiger partial charge in [-0.15, -0.1) is 0 Å². The first-order chi connectivity index (χ1) is 20.9. The molecule has 2 heterocycles. The summed E-state index contributed by atoms with van der Waals surface area (Å²) < 4.78 is 27.9. The number of benzene rings is 2. The van der Waals surface area contributed by atoms with Crippen LogP contribution in [0.25, 0.3) is 10.9 Å². The number of aromatic nitrogens is 1. The van der Waals surface area contributed by atoms with E-state index in [2.05, 4.69) is 10.3 Å². The van der Waals surface area contributed by atoms with Crippen LogP contribution in [0, 0.1) is 6.92 Å². The van der Waals surface area contributed by atoms with Crippen molar-refractivity contribution in [2.24, 2.45) is 0 Å². The molecule has 0 spiro atoms. The zero-order valence-electron chi connectivity index (χ0n) is 24.7. The van der Waals surface area contributed by atoms with Gasteiger partial charge in [0.25, 0.3) is 5.91 Å². The molecule has 3 aromatic rings. The molecule has 1 aliphatic heterocycles. The van der Waals surface area contributed by atoms with E-state index in [1.54, 1.807) is 43.5 Å². The summed E-state index contributed by atoms with van der Waals surface area (Å²) in [6, 6.07) is 14.4. The average Bonchev–Trinajstić information content (AvgIpc) is 2.94. The van der Waals surface area contributed by atoms with Gasteiger partial charge >= 0.3 is 23.9 Å². The van der Waals surface area contributed by atoms with Crippen LogP contribution in [0.2, 0.25) is 0 Å². The Morgan fingerprint density at radius 2 is 1.45 bits per heavy atom. The minimum absolute atomic E-state index is 0.318. The molecule has 1 N–H and O–H groups in total. The van der Waals surface area contributed by atoms with Gasteiger partial charge in [-0.2, -0.15) is 0 Å². The van der Waals surface area contributed by atoms with E-state index in [1.807, 2.05) is 18.2 Å². The van der Waals surface area contributed by atoms with Crippen LogP contribution in [-0.2, 0) is 42.9 Å². The molecular formula is C31H32N2O10S. The van der Waals surface area contributed by atoms with Gasteiger partial charge in [-0.3, -0.25) is 29.0 Å². The van der Waals surface area contributed by atoms with E-state index in [4.69, 9.17) is 23.7 Å². The number of amides is 1. The highest BCUT2D eigenvalue weighted by atomic mass is 32.2. The number of hydrogen-bond acceptors (Lipinski definition) is 12. The second-order valence-corrected chi connectivity index (χ2v) is 11.1. The summed E-state index contributed by atoms with van der Waals surface area (Å²) in [5.74, 6) is -3.22. The molecule has 1 aromatic heterocycles. The van der Waals surface area contributed by atoms with E-state index in [-0.39, 0.29) is 6.61 Å². The summed E-state index contributed by atoms with van der Waals surface area (Å²) in [4.78, 5) is 66.7. The quantitative estimate of drug-likeness (QED) is 0.270. The normalized spacial score (nSPS) is 21.2. The number of ether oxygens (including phenoxy) is 5. The molecule has 0 unspecified atom stereocenters. The average molecular weight is 625 g/mol. The second kappa shape index (κ2) is 14.3. The number of rotatable bonds is 9. The molecule has 1 amide bonds. The SMILES string of the molecule is CC(=O)OC[C@H]1O[C@@H](Sc2cccc(C)c2C(=O)Nc2cccc3cccnc23)[C@H](OC(C)=O)[C@@H](OC(C)=O)[C@@H]1OC(C)=O. The number of carbonyl (C=O) groups excluding carboxylic acids is 5. The number of hydrogen-bond donors (Lipinski definition) is 1. The van der Waals surface area contributed by atoms with Gasteiger partial charge < -0.3 is 29.0 Å². The fraction of sp³-hybridized carbons (Fsp3) is 0.355. The van der Waals surface area contributed by atoms with E-state index in [1.165, 1.54) is 13.8 Å². The predicted molar refractivity (Wildman–Crippen MR) is 159 cm³/mol. The second-order valence-electron chi connectivity index (χ2n) is 9.97. The van der Waals surface area contributed by atoms with Gasteiger partial charge in [-0.05, 0) is 30.7 Å². The van der Waals surface area contributed by atoms with Gasteiger partial charge in [-0.25, -0.2) is 0 Å². The number of pyridine rings is 1. The molecule has 1 saturated heterocycles. The Bertz CT molecular complexity index is 1570. The lowest BCUT2D eigenvalue weighted by Crippen LogP contribution is -2.61. The Morgan fingerprint density at radius 1 is 0.818 bits per heavy atom. The first kappa shape index (κ1) is 32.4. The van der Waals surface area contributed by atoms with Crippen LogP contribution < -0.4 is 5.32 Å². The van der Waals surface area contributed by atoms with Gasteiger partial charge in [-0.1, -0.05) is 42.1 Å². The minimum atomic E-state index is -1.32. The van der Waals surface area contributed by atoms with Crippen molar-refractivity contribution >= 4 is 58.1 Å². The predicted octanol–water partition coefficient (Wildman–Crippen LogP) is 3.97. The number of para-hydroxylation sites is 1. The summed E-state index contributed by atoms with van der Waals surface area (Å²) in [6.45, 7) is 6.09. The van der Waals surface area contributed by atoms with E-state index in [9.17, 15) is 24.0 Å². The Kier molecular flexibility index (Phi) is 10.6. The molecule has 2 aromatic carbocycles. The summed E-state index contributed by atoms with van der Waals surface area (Å²) in [5, 5.41) is 3.79. The van der Waals surface area contributed by atoms with Crippen molar-refractivity contribution in [1.29, 1.82) is 0 Å². The first-order valence-electron chi connectivity index (χ1n) is 13.7. The van der Waals surface area contributed by atoms with Crippen molar-refractivity contribution in [1.82, 2.24) is 4.98 Å². The zero-order chi connectivity index (χ0) is 32.0. The van der Waals surface area contributed by atoms with E-state index >= 15 is 0 Å². The fourth-order valence-corrected chi connectivity index (χ4v) is 6.15. The van der Waals surface area contributed by atoms with Crippen molar-refractivity contribution < 1.29 is 47.7 Å². The van der Waals surface area contributed by atoms with Gasteiger partial charge in [0.15, 0.2) is 18.3 Å². The number of nitrogens with zero attached hydrogens (tertiary/aromatic N) is 1. The molecule has 0 radical (unpaired) electrons.